The highest BCUT2D eigenvalue weighted by molar-refractivity contribution is 7.11. The van der Waals surface area contributed by atoms with E-state index in [1.807, 2.05) is 13.1 Å². The lowest BCUT2D eigenvalue weighted by Gasteiger charge is -2.37. The lowest BCUT2D eigenvalue weighted by atomic mass is 9.93. The van der Waals surface area contributed by atoms with Crippen molar-refractivity contribution in [3.63, 3.8) is 0 Å². The molecule has 1 N–H and O–H groups in total. The van der Waals surface area contributed by atoms with E-state index < -0.39 is 5.82 Å². The highest BCUT2D eigenvalue weighted by atomic mass is 32.1. The number of carbonyl (C=O) groups is 1. The Bertz CT molecular complexity index is 718. The van der Waals surface area contributed by atoms with Crippen molar-refractivity contribution >= 4 is 17.2 Å². The number of benzene rings is 1. The molecule has 4 nitrogen and oxygen atoms in total. The van der Waals surface area contributed by atoms with E-state index >= 15 is 0 Å². The SMILES string of the molecule is Cc1ncc(CN2CC[C@@H](NC(=O)c3ccccc3F)[C@@H](C)C2)s1. The van der Waals surface area contributed by atoms with Crippen LogP contribution in [0.5, 0.6) is 0 Å². The van der Waals surface area contributed by atoms with Crippen molar-refractivity contribution in [2.75, 3.05) is 13.1 Å². The van der Waals surface area contributed by atoms with Crippen LogP contribution in [-0.2, 0) is 6.54 Å². The van der Waals surface area contributed by atoms with Crippen LogP contribution in [-0.4, -0.2) is 34.9 Å². The van der Waals surface area contributed by atoms with Crippen LogP contribution in [0.4, 0.5) is 4.39 Å². The molecule has 0 unspecified atom stereocenters. The molecule has 0 spiro atoms. The second-order valence-electron chi connectivity index (χ2n) is 6.41. The van der Waals surface area contributed by atoms with Crippen molar-refractivity contribution < 1.29 is 9.18 Å². The molecule has 2 heterocycles. The average Bonchev–Trinajstić information content (AvgIpc) is 2.95. The number of nitrogens with one attached hydrogen (secondary N) is 1. The molecular weight excluding hydrogens is 325 g/mol. The molecule has 0 saturated carbocycles. The average molecular weight is 347 g/mol. The van der Waals surface area contributed by atoms with Gasteiger partial charge in [-0.25, -0.2) is 9.37 Å². The van der Waals surface area contributed by atoms with Crippen molar-refractivity contribution in [3.05, 3.63) is 51.7 Å². The fourth-order valence-electron chi connectivity index (χ4n) is 3.18. The van der Waals surface area contributed by atoms with Crippen LogP contribution in [0.25, 0.3) is 0 Å². The predicted octanol–water partition coefficient (Wildman–Crippen LogP) is 3.23. The van der Waals surface area contributed by atoms with Crippen molar-refractivity contribution in [2.24, 2.45) is 5.92 Å². The quantitative estimate of drug-likeness (QED) is 0.924. The monoisotopic (exact) mass is 347 g/mol. The second kappa shape index (κ2) is 7.40. The van der Waals surface area contributed by atoms with E-state index in [4.69, 9.17) is 0 Å². The van der Waals surface area contributed by atoms with Gasteiger partial charge in [0.05, 0.1) is 10.6 Å². The van der Waals surface area contributed by atoms with Crippen LogP contribution in [0.1, 0.15) is 33.6 Å². The molecule has 6 heteroatoms. The number of piperidine rings is 1. The Morgan fingerprint density at radius 1 is 1.46 bits per heavy atom. The smallest absolute Gasteiger partial charge is 0.254 e. The topological polar surface area (TPSA) is 45.2 Å². The van der Waals surface area contributed by atoms with E-state index in [1.165, 1.54) is 17.0 Å². The molecule has 1 fully saturated rings. The van der Waals surface area contributed by atoms with E-state index in [9.17, 15) is 9.18 Å². The van der Waals surface area contributed by atoms with Crippen molar-refractivity contribution in [2.45, 2.75) is 32.9 Å². The zero-order valence-corrected chi connectivity index (χ0v) is 14.8. The first-order chi connectivity index (χ1) is 11.5. The summed E-state index contributed by atoms with van der Waals surface area (Å²) in [5, 5.41) is 4.09. The molecule has 1 amide bonds. The minimum absolute atomic E-state index is 0.0801. The number of likely N-dealkylation sites (tertiary alicyclic amines) is 1. The van der Waals surface area contributed by atoms with Crippen LogP contribution >= 0.6 is 11.3 Å². The molecule has 2 atom stereocenters. The zero-order chi connectivity index (χ0) is 17.1. The third-order valence-electron chi connectivity index (χ3n) is 4.47. The molecule has 3 rings (SSSR count). The van der Waals surface area contributed by atoms with Gasteiger partial charge in [-0.05, 0) is 31.4 Å². The zero-order valence-electron chi connectivity index (χ0n) is 14.0. The normalized spacial score (nSPS) is 21.6. The first-order valence-electron chi connectivity index (χ1n) is 8.22. The van der Waals surface area contributed by atoms with E-state index in [0.29, 0.717) is 5.92 Å². The number of carbonyl (C=O) groups excluding carboxylic acids is 1. The minimum atomic E-state index is -0.472. The van der Waals surface area contributed by atoms with Gasteiger partial charge >= 0.3 is 0 Å². The highest BCUT2D eigenvalue weighted by Gasteiger charge is 2.28. The molecule has 1 aliphatic rings. The Balaban J connectivity index is 1.56. The standard InChI is InChI=1S/C18H22FN3OS/c1-12-10-22(11-14-9-20-13(2)24-14)8-7-17(12)21-18(23)15-5-3-4-6-16(15)19/h3-6,9,12,17H,7-8,10-11H2,1-2H3,(H,21,23)/t12-,17+/m0/s1. The van der Waals surface area contributed by atoms with Crippen LogP contribution in [0.3, 0.4) is 0 Å². The molecule has 0 radical (unpaired) electrons. The number of aryl methyl sites for hydroxylation is 1. The lowest BCUT2D eigenvalue weighted by molar-refractivity contribution is 0.0857. The van der Waals surface area contributed by atoms with Gasteiger partial charge in [0.1, 0.15) is 5.82 Å². The molecule has 1 saturated heterocycles. The van der Waals surface area contributed by atoms with Crippen LogP contribution < -0.4 is 5.32 Å². The molecule has 128 valence electrons. The van der Waals surface area contributed by atoms with E-state index in [-0.39, 0.29) is 17.5 Å². The fourth-order valence-corrected chi connectivity index (χ4v) is 4.02. The summed E-state index contributed by atoms with van der Waals surface area (Å²) in [5.74, 6) is -0.472. The van der Waals surface area contributed by atoms with Crippen LogP contribution in [0, 0.1) is 18.7 Å². The van der Waals surface area contributed by atoms with Gasteiger partial charge < -0.3 is 5.32 Å². The van der Waals surface area contributed by atoms with E-state index in [1.54, 1.807) is 23.5 Å². The fraction of sp³-hybridized carbons (Fsp3) is 0.444. The maximum Gasteiger partial charge on any atom is 0.254 e. The van der Waals surface area contributed by atoms with Crippen molar-refractivity contribution in [1.82, 2.24) is 15.2 Å². The molecule has 0 bridgehead atoms. The first-order valence-corrected chi connectivity index (χ1v) is 9.03. The molecule has 24 heavy (non-hydrogen) atoms. The van der Waals surface area contributed by atoms with Gasteiger partial charge in [0.2, 0.25) is 0 Å². The van der Waals surface area contributed by atoms with Crippen molar-refractivity contribution in [3.8, 4) is 0 Å². The summed E-state index contributed by atoms with van der Waals surface area (Å²) in [7, 11) is 0. The Morgan fingerprint density at radius 2 is 2.25 bits per heavy atom. The van der Waals surface area contributed by atoms with Gasteiger partial charge in [0.15, 0.2) is 0 Å². The van der Waals surface area contributed by atoms with E-state index in [2.05, 4.69) is 22.1 Å². The van der Waals surface area contributed by atoms with Gasteiger partial charge in [-0.1, -0.05) is 19.1 Å². The van der Waals surface area contributed by atoms with Crippen LogP contribution in [0.2, 0.25) is 0 Å². The number of nitrogens with zero attached hydrogens (tertiary/aromatic N) is 2. The second-order valence-corrected chi connectivity index (χ2v) is 7.73. The Labute approximate surface area is 145 Å². The number of hydrogen-bond donors (Lipinski definition) is 1. The number of aromatic nitrogens is 1. The molecule has 1 aromatic heterocycles. The molecule has 2 aromatic rings. The molecular formula is C18H22FN3OS. The predicted molar refractivity (Wildman–Crippen MR) is 93.6 cm³/mol. The van der Waals surface area contributed by atoms with Gasteiger partial charge in [0.25, 0.3) is 5.91 Å². The Kier molecular flexibility index (Phi) is 5.26. The maximum absolute atomic E-state index is 13.7. The summed E-state index contributed by atoms with van der Waals surface area (Å²) in [4.78, 5) is 20.2. The summed E-state index contributed by atoms with van der Waals surface area (Å²) in [5.41, 5.74) is 0.118. The number of amides is 1. The number of rotatable bonds is 4. The van der Waals surface area contributed by atoms with Crippen LogP contribution in [0.15, 0.2) is 30.5 Å². The van der Waals surface area contributed by atoms with Gasteiger partial charge in [-0.3, -0.25) is 9.69 Å². The third-order valence-corrected chi connectivity index (χ3v) is 5.37. The summed E-state index contributed by atoms with van der Waals surface area (Å²) in [6.45, 7) is 6.89. The third kappa shape index (κ3) is 3.99. The Morgan fingerprint density at radius 3 is 2.92 bits per heavy atom. The maximum atomic E-state index is 13.7. The highest BCUT2D eigenvalue weighted by Crippen LogP contribution is 2.21. The summed E-state index contributed by atoms with van der Waals surface area (Å²) >= 11 is 1.73. The largest absolute Gasteiger partial charge is 0.349 e. The van der Waals surface area contributed by atoms with Gasteiger partial charge in [-0.2, -0.15) is 0 Å². The van der Waals surface area contributed by atoms with E-state index in [0.717, 1.165) is 31.1 Å². The number of thiazole rings is 1. The lowest BCUT2D eigenvalue weighted by Crippen LogP contribution is -2.49. The summed E-state index contributed by atoms with van der Waals surface area (Å²) < 4.78 is 13.7. The molecule has 1 aliphatic heterocycles. The summed E-state index contributed by atoms with van der Waals surface area (Å²) in [6, 6.07) is 6.20. The minimum Gasteiger partial charge on any atom is -0.349 e. The first kappa shape index (κ1) is 17.0. The Hall–Kier alpha value is -1.79. The number of hydrogen-bond acceptors (Lipinski definition) is 4. The molecule has 0 aliphatic carbocycles. The number of halogens is 1. The molecule has 1 aromatic carbocycles. The van der Waals surface area contributed by atoms with Crippen molar-refractivity contribution in [1.29, 1.82) is 0 Å². The summed E-state index contributed by atoms with van der Waals surface area (Å²) in [6.07, 6.45) is 2.82. The van der Waals surface area contributed by atoms with Gasteiger partial charge in [0, 0.05) is 36.8 Å². The van der Waals surface area contributed by atoms with Gasteiger partial charge in [-0.15, -0.1) is 11.3 Å².